The summed E-state index contributed by atoms with van der Waals surface area (Å²) in [5, 5.41) is 10.1. The van der Waals surface area contributed by atoms with E-state index in [1.54, 1.807) is 33.7 Å². The highest BCUT2D eigenvalue weighted by Crippen LogP contribution is 2.69. The van der Waals surface area contributed by atoms with Crippen molar-refractivity contribution in [3.63, 3.8) is 0 Å². The zero-order valence-corrected chi connectivity index (χ0v) is 22.0. The zero-order valence-electron chi connectivity index (χ0n) is 21.2. The molecule has 2 bridgehead atoms. The Morgan fingerprint density at radius 2 is 2.03 bits per heavy atom. The number of aliphatic hydroxyl groups excluding tert-OH is 1. The highest BCUT2D eigenvalue weighted by molar-refractivity contribution is 8.02. The van der Waals surface area contributed by atoms with Crippen LogP contribution in [0.3, 0.4) is 0 Å². The quantitative estimate of drug-likeness (QED) is 0.287. The zero-order chi connectivity index (χ0) is 25.4. The van der Waals surface area contributed by atoms with Gasteiger partial charge in [0, 0.05) is 17.3 Å². The fourth-order valence-corrected chi connectivity index (χ4v) is 8.51. The summed E-state index contributed by atoms with van der Waals surface area (Å²) in [4.78, 5) is 44.9. The van der Waals surface area contributed by atoms with Crippen molar-refractivity contribution in [3.8, 4) is 0 Å². The van der Waals surface area contributed by atoms with Crippen LogP contribution < -0.4 is 0 Å². The summed E-state index contributed by atoms with van der Waals surface area (Å²) in [5.41, 5.74) is -0.483. The van der Waals surface area contributed by atoms with Crippen molar-refractivity contribution < 1.29 is 24.2 Å². The molecule has 0 radical (unpaired) electrons. The molecular formula is C26H40N2O5S. The van der Waals surface area contributed by atoms with E-state index in [1.807, 2.05) is 27.7 Å². The maximum absolute atomic E-state index is 14.3. The average Bonchev–Trinajstić information content (AvgIpc) is 3.36. The first-order valence-electron chi connectivity index (χ1n) is 12.3. The number of likely N-dealkylation sites (tertiary alicyclic amines) is 1. The molecule has 0 aromatic carbocycles. The third-order valence-corrected chi connectivity index (χ3v) is 9.79. The van der Waals surface area contributed by atoms with Gasteiger partial charge in [0.15, 0.2) is 0 Å². The largest absolute Gasteiger partial charge is 0.465 e. The van der Waals surface area contributed by atoms with E-state index in [4.69, 9.17) is 4.74 Å². The molecule has 3 unspecified atom stereocenters. The van der Waals surface area contributed by atoms with Gasteiger partial charge in [-0.2, -0.15) is 0 Å². The lowest BCUT2D eigenvalue weighted by Gasteiger charge is -2.45. The van der Waals surface area contributed by atoms with Crippen LogP contribution in [0.1, 0.15) is 53.9 Å². The van der Waals surface area contributed by atoms with Crippen LogP contribution in [0.2, 0.25) is 0 Å². The van der Waals surface area contributed by atoms with Crippen molar-refractivity contribution in [3.05, 3.63) is 25.3 Å². The van der Waals surface area contributed by atoms with E-state index in [2.05, 4.69) is 20.1 Å². The molecule has 0 aromatic rings. The van der Waals surface area contributed by atoms with Crippen molar-refractivity contribution in [1.82, 2.24) is 9.80 Å². The molecule has 1 N–H and O–H groups in total. The minimum absolute atomic E-state index is 0.0608. The lowest BCUT2D eigenvalue weighted by Crippen LogP contribution is -2.61. The number of aliphatic hydroxyl groups is 1. The number of nitrogens with zero attached hydrogens (tertiary/aromatic N) is 2. The van der Waals surface area contributed by atoms with Crippen molar-refractivity contribution in [2.75, 3.05) is 19.8 Å². The lowest BCUT2D eigenvalue weighted by atomic mass is 9.66. The molecule has 1 spiro atoms. The topological polar surface area (TPSA) is 87.2 Å². The first kappa shape index (κ1) is 26.8. The fraction of sp³-hybridized carbons (Fsp3) is 0.731. The number of thioether (sulfide) groups is 1. The van der Waals surface area contributed by atoms with E-state index in [0.717, 1.165) is 6.42 Å². The number of carbonyl (C=O) groups excluding carboxylic acids is 3. The maximum Gasteiger partial charge on any atom is 0.310 e. The molecular weight excluding hydrogens is 452 g/mol. The van der Waals surface area contributed by atoms with Crippen molar-refractivity contribution in [2.45, 2.75) is 81.5 Å². The lowest BCUT2D eigenvalue weighted by molar-refractivity contribution is -0.155. The van der Waals surface area contributed by atoms with E-state index in [1.165, 1.54) is 0 Å². The monoisotopic (exact) mass is 492 g/mol. The van der Waals surface area contributed by atoms with Gasteiger partial charge in [-0.15, -0.1) is 24.9 Å². The number of esters is 1. The fourth-order valence-electron chi connectivity index (χ4n) is 6.12. The van der Waals surface area contributed by atoms with Gasteiger partial charge in [0.25, 0.3) is 0 Å². The van der Waals surface area contributed by atoms with Gasteiger partial charge in [0.1, 0.15) is 6.04 Å². The molecule has 0 aliphatic carbocycles. The minimum atomic E-state index is -0.753. The highest BCUT2D eigenvalue weighted by Gasteiger charge is 2.77. The van der Waals surface area contributed by atoms with Gasteiger partial charge in [-0.25, -0.2) is 0 Å². The van der Waals surface area contributed by atoms with E-state index >= 15 is 0 Å². The molecule has 8 heteroatoms. The normalized spacial score (nSPS) is 32.9. The molecule has 7 atom stereocenters. The molecule has 3 fully saturated rings. The van der Waals surface area contributed by atoms with Crippen LogP contribution in [0.5, 0.6) is 0 Å². The van der Waals surface area contributed by atoms with Crippen LogP contribution in [0.25, 0.3) is 0 Å². The van der Waals surface area contributed by atoms with Crippen molar-refractivity contribution in [1.29, 1.82) is 0 Å². The maximum atomic E-state index is 14.3. The first-order valence-corrected chi connectivity index (χ1v) is 13.2. The Morgan fingerprint density at radius 1 is 1.35 bits per heavy atom. The number of hydrogen-bond donors (Lipinski definition) is 1. The summed E-state index contributed by atoms with van der Waals surface area (Å²) in [7, 11) is 0. The Hall–Kier alpha value is -1.80. The SMILES string of the molecule is C=CCCOC(=O)[C@@H]1[C@@H]2CC(C)C3(S2)C(C(=O)N(CC=C)C(C)(C)C)N([C@@H](CC)CO)C(=O)[C@H]13. The van der Waals surface area contributed by atoms with E-state index in [0.29, 0.717) is 19.4 Å². The van der Waals surface area contributed by atoms with Crippen LogP contribution in [-0.4, -0.2) is 80.1 Å². The Bertz CT molecular complexity index is 836. The number of carbonyl (C=O) groups is 3. The van der Waals surface area contributed by atoms with Crippen LogP contribution in [0, 0.1) is 17.8 Å². The third-order valence-electron chi connectivity index (χ3n) is 7.72. The van der Waals surface area contributed by atoms with Crippen molar-refractivity contribution >= 4 is 29.5 Å². The van der Waals surface area contributed by atoms with Gasteiger partial charge in [-0.3, -0.25) is 14.4 Å². The standard InChI is InChI=1S/C26H40N2O5S/c1-8-11-13-33-24(32)19-18-14-16(4)26(34-18)20(19)22(30)28(17(10-3)15-29)21(26)23(31)27(12-9-2)25(5,6)7/h8-9,16-21,29H,1-2,10-15H2,3-7H3/t16?,17-,18-,19+,20-,21?,26?/m0/s1. The van der Waals surface area contributed by atoms with Gasteiger partial charge < -0.3 is 19.6 Å². The summed E-state index contributed by atoms with van der Waals surface area (Å²) in [6.45, 7) is 17.8. The van der Waals surface area contributed by atoms with Crippen LogP contribution >= 0.6 is 11.8 Å². The van der Waals surface area contributed by atoms with Crippen LogP contribution in [-0.2, 0) is 19.1 Å². The molecule has 34 heavy (non-hydrogen) atoms. The van der Waals surface area contributed by atoms with E-state index in [9.17, 15) is 19.5 Å². The Balaban J connectivity index is 2.11. The third kappa shape index (κ3) is 4.11. The number of fused-ring (bicyclic) bond motifs is 1. The number of hydrogen-bond acceptors (Lipinski definition) is 6. The highest BCUT2D eigenvalue weighted by atomic mass is 32.2. The summed E-state index contributed by atoms with van der Waals surface area (Å²) >= 11 is 1.62. The molecule has 0 saturated carbocycles. The number of amides is 2. The molecule has 3 aliphatic rings. The summed E-state index contributed by atoms with van der Waals surface area (Å²) in [6, 6.07) is -1.24. The Labute approximate surface area is 208 Å². The van der Waals surface area contributed by atoms with Gasteiger partial charge in [0.05, 0.1) is 35.8 Å². The Kier molecular flexibility index (Phi) is 7.92. The molecule has 2 amide bonds. The number of rotatable bonds is 10. The van der Waals surface area contributed by atoms with E-state index < -0.39 is 34.2 Å². The van der Waals surface area contributed by atoms with E-state index in [-0.39, 0.29) is 42.2 Å². The van der Waals surface area contributed by atoms with Gasteiger partial charge in [-0.1, -0.05) is 26.0 Å². The first-order chi connectivity index (χ1) is 16.0. The molecule has 0 aromatic heterocycles. The Morgan fingerprint density at radius 3 is 2.56 bits per heavy atom. The summed E-state index contributed by atoms with van der Waals surface area (Å²) in [5.74, 6) is -1.88. The average molecular weight is 493 g/mol. The molecule has 3 heterocycles. The molecule has 7 nitrogen and oxygen atoms in total. The predicted octanol–water partition coefficient (Wildman–Crippen LogP) is 3.03. The summed E-state index contributed by atoms with van der Waals surface area (Å²) in [6.07, 6.45) is 5.21. The second-order valence-electron chi connectivity index (χ2n) is 10.7. The second-order valence-corrected chi connectivity index (χ2v) is 12.2. The van der Waals surface area contributed by atoms with Gasteiger partial charge in [-0.05, 0) is 46.0 Å². The molecule has 190 valence electrons. The molecule has 3 aliphatic heterocycles. The van der Waals surface area contributed by atoms with Crippen LogP contribution in [0.15, 0.2) is 25.3 Å². The molecule has 3 rings (SSSR count). The summed E-state index contributed by atoms with van der Waals surface area (Å²) < 4.78 is 4.81. The predicted molar refractivity (Wildman–Crippen MR) is 134 cm³/mol. The number of ether oxygens (including phenoxy) is 1. The van der Waals surface area contributed by atoms with Gasteiger partial charge >= 0.3 is 5.97 Å². The smallest absolute Gasteiger partial charge is 0.310 e. The minimum Gasteiger partial charge on any atom is -0.465 e. The van der Waals surface area contributed by atoms with Crippen molar-refractivity contribution in [2.24, 2.45) is 17.8 Å². The van der Waals surface area contributed by atoms with Gasteiger partial charge in [0.2, 0.25) is 11.8 Å². The van der Waals surface area contributed by atoms with Crippen LogP contribution in [0.4, 0.5) is 0 Å². The second kappa shape index (κ2) is 10.1. The molecule has 3 saturated heterocycles.